The fourth-order valence-corrected chi connectivity index (χ4v) is 3.97. The van der Waals surface area contributed by atoms with E-state index in [2.05, 4.69) is 63.4 Å². The van der Waals surface area contributed by atoms with Gasteiger partial charge in [-0.1, -0.05) is 30.3 Å². The molecule has 0 spiro atoms. The van der Waals surface area contributed by atoms with E-state index in [1.165, 1.54) is 11.3 Å². The molecule has 1 atom stereocenters. The van der Waals surface area contributed by atoms with Crippen LogP contribution in [0.5, 0.6) is 0 Å². The topological polar surface area (TPSA) is 46.5 Å². The van der Waals surface area contributed by atoms with E-state index in [4.69, 9.17) is 4.74 Å². The molecule has 138 valence electrons. The summed E-state index contributed by atoms with van der Waals surface area (Å²) in [6.45, 7) is 4.84. The van der Waals surface area contributed by atoms with Gasteiger partial charge in [0.2, 0.25) is 5.91 Å². The van der Waals surface area contributed by atoms with Crippen LogP contribution < -0.4 is 5.32 Å². The fourth-order valence-electron chi connectivity index (χ4n) is 3.97. The summed E-state index contributed by atoms with van der Waals surface area (Å²) in [6.07, 6.45) is 3.82. The van der Waals surface area contributed by atoms with Crippen LogP contribution >= 0.6 is 0 Å². The molecule has 1 saturated heterocycles. The molecule has 1 unspecified atom stereocenters. The van der Waals surface area contributed by atoms with Crippen LogP contribution in [0.4, 0.5) is 0 Å². The van der Waals surface area contributed by atoms with Crippen molar-refractivity contribution in [1.82, 2.24) is 14.8 Å². The summed E-state index contributed by atoms with van der Waals surface area (Å²) in [5.41, 5.74) is 2.65. The van der Waals surface area contributed by atoms with E-state index in [1.54, 1.807) is 0 Å². The predicted octanol–water partition coefficient (Wildman–Crippen LogP) is 2.42. The van der Waals surface area contributed by atoms with Gasteiger partial charge >= 0.3 is 0 Å². The molecular formula is C21H27N3O2. The first-order valence-corrected chi connectivity index (χ1v) is 9.57. The maximum Gasteiger partial charge on any atom is 0.223 e. The fraction of sp³-hybridized carbons (Fsp3) is 0.476. The van der Waals surface area contributed by atoms with Gasteiger partial charge < -0.3 is 14.6 Å². The Balaban J connectivity index is 1.42. The SMILES string of the molecule is O=C(NCC1Cn2cccc2CN1Cc1ccccc1)C1CCOCC1. The molecule has 0 aliphatic carbocycles. The van der Waals surface area contributed by atoms with E-state index in [0.29, 0.717) is 25.8 Å². The van der Waals surface area contributed by atoms with Gasteiger partial charge in [0.1, 0.15) is 0 Å². The molecule has 4 rings (SSSR count). The minimum Gasteiger partial charge on any atom is -0.381 e. The maximum absolute atomic E-state index is 12.5. The van der Waals surface area contributed by atoms with Crippen molar-refractivity contribution in [2.75, 3.05) is 19.8 Å². The van der Waals surface area contributed by atoms with Crippen LogP contribution in [-0.4, -0.2) is 41.2 Å². The Hall–Kier alpha value is -2.11. The molecule has 26 heavy (non-hydrogen) atoms. The summed E-state index contributed by atoms with van der Waals surface area (Å²) in [4.78, 5) is 15.0. The lowest BCUT2D eigenvalue weighted by atomic mass is 9.99. The van der Waals surface area contributed by atoms with Gasteiger partial charge in [-0.25, -0.2) is 0 Å². The summed E-state index contributed by atoms with van der Waals surface area (Å²) in [5.74, 6) is 0.295. The third-order valence-electron chi connectivity index (χ3n) is 5.54. The third-order valence-corrected chi connectivity index (χ3v) is 5.54. The van der Waals surface area contributed by atoms with Crippen molar-refractivity contribution >= 4 is 5.91 Å². The molecule has 0 bridgehead atoms. The average Bonchev–Trinajstić information content (AvgIpc) is 3.14. The maximum atomic E-state index is 12.5. The van der Waals surface area contributed by atoms with Crippen LogP contribution in [0.3, 0.4) is 0 Å². The highest BCUT2D eigenvalue weighted by atomic mass is 16.5. The normalized spacial score (nSPS) is 21.3. The van der Waals surface area contributed by atoms with E-state index in [0.717, 1.165) is 32.5 Å². The van der Waals surface area contributed by atoms with Crippen LogP contribution in [-0.2, 0) is 29.2 Å². The number of ether oxygens (including phenoxy) is 1. The number of nitrogens with one attached hydrogen (secondary N) is 1. The zero-order valence-electron chi connectivity index (χ0n) is 15.1. The molecule has 5 nitrogen and oxygen atoms in total. The lowest BCUT2D eigenvalue weighted by Gasteiger charge is -2.37. The van der Waals surface area contributed by atoms with Crippen LogP contribution in [0.2, 0.25) is 0 Å². The Kier molecular flexibility index (Phi) is 5.37. The third kappa shape index (κ3) is 4.00. The number of benzene rings is 1. The van der Waals surface area contributed by atoms with Crippen molar-refractivity contribution in [2.45, 2.75) is 38.5 Å². The Bertz CT molecular complexity index is 722. The van der Waals surface area contributed by atoms with Crippen LogP contribution in [0.15, 0.2) is 48.7 Å². The van der Waals surface area contributed by atoms with Crippen molar-refractivity contribution in [2.24, 2.45) is 5.92 Å². The molecule has 2 aliphatic heterocycles. The molecule has 1 N–H and O–H groups in total. The number of hydrogen-bond donors (Lipinski definition) is 1. The number of carbonyl (C=O) groups is 1. The summed E-state index contributed by atoms with van der Waals surface area (Å²) < 4.78 is 7.68. The highest BCUT2D eigenvalue weighted by Gasteiger charge is 2.28. The van der Waals surface area contributed by atoms with E-state index >= 15 is 0 Å². The van der Waals surface area contributed by atoms with Crippen LogP contribution in [0, 0.1) is 5.92 Å². The molecule has 3 heterocycles. The molecule has 1 amide bonds. The van der Waals surface area contributed by atoms with Gasteiger partial charge in [0, 0.05) is 63.2 Å². The Morgan fingerprint density at radius 2 is 1.92 bits per heavy atom. The largest absolute Gasteiger partial charge is 0.381 e. The first-order valence-electron chi connectivity index (χ1n) is 9.57. The lowest BCUT2D eigenvalue weighted by Crippen LogP contribution is -2.49. The number of amides is 1. The lowest BCUT2D eigenvalue weighted by molar-refractivity contribution is -0.128. The van der Waals surface area contributed by atoms with E-state index in [-0.39, 0.29) is 11.8 Å². The molecule has 0 saturated carbocycles. The van der Waals surface area contributed by atoms with E-state index in [9.17, 15) is 4.79 Å². The van der Waals surface area contributed by atoms with Gasteiger partial charge in [-0.2, -0.15) is 0 Å². The van der Waals surface area contributed by atoms with Gasteiger partial charge in [-0.3, -0.25) is 9.69 Å². The van der Waals surface area contributed by atoms with Gasteiger partial charge in [0.25, 0.3) is 0 Å². The second-order valence-corrected chi connectivity index (χ2v) is 7.33. The van der Waals surface area contributed by atoms with Crippen molar-refractivity contribution in [3.8, 4) is 0 Å². The number of aromatic nitrogens is 1. The summed E-state index contributed by atoms with van der Waals surface area (Å²) in [6, 6.07) is 15.2. The Morgan fingerprint density at radius 1 is 1.12 bits per heavy atom. The smallest absolute Gasteiger partial charge is 0.223 e. The first kappa shape index (κ1) is 17.3. The molecule has 1 fully saturated rings. The molecule has 1 aromatic carbocycles. The van der Waals surface area contributed by atoms with Crippen molar-refractivity contribution < 1.29 is 9.53 Å². The molecule has 1 aromatic heterocycles. The molecular weight excluding hydrogens is 326 g/mol. The minimum absolute atomic E-state index is 0.108. The van der Waals surface area contributed by atoms with Gasteiger partial charge in [-0.15, -0.1) is 0 Å². The van der Waals surface area contributed by atoms with Crippen molar-refractivity contribution in [3.63, 3.8) is 0 Å². The van der Waals surface area contributed by atoms with Crippen molar-refractivity contribution in [3.05, 3.63) is 59.9 Å². The van der Waals surface area contributed by atoms with Crippen LogP contribution in [0.25, 0.3) is 0 Å². The summed E-state index contributed by atoms with van der Waals surface area (Å²) in [5, 5.41) is 3.21. The molecule has 0 radical (unpaired) electrons. The predicted molar refractivity (Wildman–Crippen MR) is 100 cm³/mol. The van der Waals surface area contributed by atoms with Crippen LogP contribution in [0.1, 0.15) is 24.1 Å². The summed E-state index contributed by atoms with van der Waals surface area (Å²) in [7, 11) is 0. The summed E-state index contributed by atoms with van der Waals surface area (Å²) >= 11 is 0. The standard InChI is InChI=1S/C21H27N3O2/c25-21(18-8-11-26-12-9-18)22-13-20-16-23-10-4-7-19(23)15-24(20)14-17-5-2-1-3-6-17/h1-7,10,18,20H,8-9,11-16H2,(H,22,25). The molecule has 2 aromatic rings. The number of fused-ring (bicyclic) bond motifs is 1. The quantitative estimate of drug-likeness (QED) is 0.898. The molecule has 2 aliphatic rings. The number of nitrogens with zero attached hydrogens (tertiary/aromatic N) is 2. The minimum atomic E-state index is 0.108. The number of hydrogen-bond acceptors (Lipinski definition) is 3. The monoisotopic (exact) mass is 353 g/mol. The second-order valence-electron chi connectivity index (χ2n) is 7.33. The number of carbonyl (C=O) groups excluding carboxylic acids is 1. The zero-order valence-corrected chi connectivity index (χ0v) is 15.1. The average molecular weight is 353 g/mol. The van der Waals surface area contributed by atoms with Gasteiger partial charge in [-0.05, 0) is 30.5 Å². The second kappa shape index (κ2) is 8.06. The Labute approximate surface area is 154 Å². The number of rotatable bonds is 5. The van der Waals surface area contributed by atoms with E-state index in [1.807, 2.05) is 0 Å². The van der Waals surface area contributed by atoms with Gasteiger partial charge in [0.15, 0.2) is 0 Å². The Morgan fingerprint density at radius 3 is 2.73 bits per heavy atom. The molecule has 5 heteroatoms. The van der Waals surface area contributed by atoms with Crippen molar-refractivity contribution in [1.29, 1.82) is 0 Å². The first-order chi connectivity index (χ1) is 12.8. The zero-order chi connectivity index (χ0) is 17.8. The highest BCUT2D eigenvalue weighted by Crippen LogP contribution is 2.21. The highest BCUT2D eigenvalue weighted by molar-refractivity contribution is 5.78. The van der Waals surface area contributed by atoms with Gasteiger partial charge in [0.05, 0.1) is 0 Å². The van der Waals surface area contributed by atoms with E-state index < -0.39 is 0 Å².